The molecule has 1 heterocycles. The maximum absolute atomic E-state index is 11.0. The molecule has 1 aromatic carbocycles. The van der Waals surface area contributed by atoms with E-state index in [1.807, 2.05) is 12.1 Å². The molecular weight excluding hydrogens is 232 g/mol. The summed E-state index contributed by atoms with van der Waals surface area (Å²) in [5, 5.41) is 3.16. The highest BCUT2D eigenvalue weighted by Crippen LogP contribution is 2.34. The van der Waals surface area contributed by atoms with Crippen molar-refractivity contribution in [1.29, 1.82) is 0 Å². The number of ether oxygens (including phenoxy) is 2. The molecule has 3 N–H and O–H groups in total. The van der Waals surface area contributed by atoms with E-state index >= 15 is 0 Å². The van der Waals surface area contributed by atoms with Gasteiger partial charge in [-0.1, -0.05) is 0 Å². The van der Waals surface area contributed by atoms with Crippen molar-refractivity contribution in [2.75, 3.05) is 20.8 Å². The molecule has 18 heavy (non-hydrogen) atoms. The minimum atomic E-state index is -0.472. The molecule has 0 fully saturated rings. The van der Waals surface area contributed by atoms with Crippen molar-refractivity contribution in [3.63, 3.8) is 0 Å². The molecule has 0 saturated heterocycles. The van der Waals surface area contributed by atoms with Crippen LogP contribution in [0.15, 0.2) is 18.2 Å². The van der Waals surface area contributed by atoms with Gasteiger partial charge in [-0.15, -0.1) is 0 Å². The predicted octanol–water partition coefficient (Wildman–Crippen LogP) is 0.676. The van der Waals surface area contributed by atoms with Crippen LogP contribution in [0.5, 0.6) is 11.5 Å². The van der Waals surface area contributed by atoms with E-state index in [0.29, 0.717) is 11.5 Å². The quantitative estimate of drug-likeness (QED) is 0.771. The number of methoxy groups -OCH3 is 2. The number of carbonyl (C=O) groups is 1. The van der Waals surface area contributed by atoms with Crippen LogP contribution in [-0.4, -0.2) is 26.7 Å². The number of rotatable bonds is 3. The average Bonchev–Trinajstić information content (AvgIpc) is 2.37. The zero-order valence-corrected chi connectivity index (χ0v) is 10.4. The normalized spacial score (nSPS) is 15.8. The number of nitrogens with two attached hydrogens (primary N) is 1. The molecule has 0 unspecified atom stereocenters. The third-order valence-corrected chi connectivity index (χ3v) is 2.90. The fourth-order valence-electron chi connectivity index (χ4n) is 2.08. The SMILES string of the molecule is COc1cc2c(cc1OC)/C(=C\C(N)=O)NCC2. The Morgan fingerprint density at radius 1 is 1.33 bits per heavy atom. The van der Waals surface area contributed by atoms with Crippen molar-refractivity contribution < 1.29 is 14.3 Å². The Kier molecular flexibility index (Phi) is 3.41. The van der Waals surface area contributed by atoms with E-state index in [4.69, 9.17) is 15.2 Å². The molecule has 1 aliphatic heterocycles. The van der Waals surface area contributed by atoms with Crippen LogP contribution in [-0.2, 0) is 11.2 Å². The summed E-state index contributed by atoms with van der Waals surface area (Å²) < 4.78 is 10.5. The van der Waals surface area contributed by atoms with Gasteiger partial charge in [0.15, 0.2) is 11.5 Å². The van der Waals surface area contributed by atoms with Crippen molar-refractivity contribution in [3.8, 4) is 11.5 Å². The molecule has 1 aromatic rings. The Morgan fingerprint density at radius 2 is 2.00 bits per heavy atom. The molecule has 0 bridgehead atoms. The highest BCUT2D eigenvalue weighted by Gasteiger charge is 2.18. The van der Waals surface area contributed by atoms with Crippen LogP contribution in [0, 0.1) is 0 Å². The molecule has 0 aliphatic carbocycles. The van der Waals surface area contributed by atoms with Crippen molar-refractivity contribution in [3.05, 3.63) is 29.3 Å². The fourth-order valence-corrected chi connectivity index (χ4v) is 2.08. The van der Waals surface area contributed by atoms with E-state index in [0.717, 1.165) is 29.8 Å². The molecule has 1 amide bonds. The lowest BCUT2D eigenvalue weighted by molar-refractivity contribution is -0.113. The minimum absolute atomic E-state index is 0.472. The second-order valence-electron chi connectivity index (χ2n) is 4.00. The summed E-state index contributed by atoms with van der Waals surface area (Å²) in [5.41, 5.74) is 7.96. The van der Waals surface area contributed by atoms with Gasteiger partial charge in [0, 0.05) is 23.9 Å². The first-order chi connectivity index (χ1) is 8.65. The molecule has 1 aliphatic rings. The van der Waals surface area contributed by atoms with Gasteiger partial charge in [-0.2, -0.15) is 0 Å². The van der Waals surface area contributed by atoms with Gasteiger partial charge < -0.3 is 20.5 Å². The third kappa shape index (κ3) is 2.25. The molecule has 0 spiro atoms. The maximum Gasteiger partial charge on any atom is 0.243 e. The lowest BCUT2D eigenvalue weighted by Gasteiger charge is -2.22. The molecule has 2 rings (SSSR count). The highest BCUT2D eigenvalue weighted by atomic mass is 16.5. The van der Waals surface area contributed by atoms with Crippen LogP contribution in [0.25, 0.3) is 5.70 Å². The molecule has 5 nitrogen and oxygen atoms in total. The first-order valence-electron chi connectivity index (χ1n) is 5.66. The second kappa shape index (κ2) is 5.00. The van der Waals surface area contributed by atoms with E-state index in [9.17, 15) is 4.79 Å². The van der Waals surface area contributed by atoms with Gasteiger partial charge >= 0.3 is 0 Å². The van der Waals surface area contributed by atoms with Crippen LogP contribution in [0.4, 0.5) is 0 Å². The summed E-state index contributed by atoms with van der Waals surface area (Å²) in [5.74, 6) is 0.854. The number of fused-ring (bicyclic) bond motifs is 1. The van der Waals surface area contributed by atoms with Crippen molar-refractivity contribution in [2.45, 2.75) is 6.42 Å². The Labute approximate surface area is 106 Å². The average molecular weight is 248 g/mol. The molecule has 5 heteroatoms. The smallest absolute Gasteiger partial charge is 0.243 e. The summed E-state index contributed by atoms with van der Waals surface area (Å²) in [6.45, 7) is 0.765. The van der Waals surface area contributed by atoms with Crippen molar-refractivity contribution in [2.24, 2.45) is 5.73 Å². The Balaban J connectivity index is 2.53. The minimum Gasteiger partial charge on any atom is -0.493 e. The fraction of sp³-hybridized carbons (Fsp3) is 0.308. The number of amides is 1. The number of benzene rings is 1. The van der Waals surface area contributed by atoms with Crippen molar-refractivity contribution in [1.82, 2.24) is 5.32 Å². The maximum atomic E-state index is 11.0. The largest absolute Gasteiger partial charge is 0.493 e. The first kappa shape index (κ1) is 12.3. The summed E-state index contributed by atoms with van der Waals surface area (Å²) in [6, 6.07) is 3.79. The van der Waals surface area contributed by atoms with Crippen LogP contribution < -0.4 is 20.5 Å². The van der Waals surface area contributed by atoms with E-state index in [-0.39, 0.29) is 0 Å². The van der Waals surface area contributed by atoms with Gasteiger partial charge in [-0.05, 0) is 24.1 Å². The Morgan fingerprint density at radius 3 is 2.61 bits per heavy atom. The van der Waals surface area contributed by atoms with Crippen LogP contribution in [0.1, 0.15) is 11.1 Å². The molecule has 0 aromatic heterocycles. The molecule has 0 radical (unpaired) electrons. The van der Waals surface area contributed by atoms with E-state index in [1.165, 1.54) is 6.08 Å². The zero-order chi connectivity index (χ0) is 13.1. The number of primary amides is 1. The van der Waals surface area contributed by atoms with Crippen LogP contribution in [0.3, 0.4) is 0 Å². The zero-order valence-electron chi connectivity index (χ0n) is 10.4. The van der Waals surface area contributed by atoms with Gasteiger partial charge in [-0.3, -0.25) is 4.79 Å². The van der Waals surface area contributed by atoms with Gasteiger partial charge in [0.05, 0.1) is 14.2 Å². The Bertz CT molecular complexity index is 509. The second-order valence-corrected chi connectivity index (χ2v) is 4.00. The predicted molar refractivity (Wildman–Crippen MR) is 68.4 cm³/mol. The molecule has 96 valence electrons. The van der Waals surface area contributed by atoms with Gasteiger partial charge in [0.2, 0.25) is 5.91 Å². The molecular formula is C13H16N2O3. The van der Waals surface area contributed by atoms with Gasteiger partial charge in [0.1, 0.15) is 0 Å². The van der Waals surface area contributed by atoms with Gasteiger partial charge in [-0.25, -0.2) is 0 Å². The monoisotopic (exact) mass is 248 g/mol. The lowest BCUT2D eigenvalue weighted by Crippen LogP contribution is -2.24. The summed E-state index contributed by atoms with van der Waals surface area (Å²) in [4.78, 5) is 11.0. The number of carbonyl (C=O) groups excluding carboxylic acids is 1. The standard InChI is InChI=1S/C13H16N2O3/c1-17-11-5-8-3-4-15-10(7-13(14)16)9(8)6-12(11)18-2/h5-7,15H,3-4H2,1-2H3,(H2,14,16)/b10-7+. The van der Waals surface area contributed by atoms with Crippen LogP contribution >= 0.6 is 0 Å². The van der Waals surface area contributed by atoms with Crippen LogP contribution in [0.2, 0.25) is 0 Å². The highest BCUT2D eigenvalue weighted by molar-refractivity contribution is 5.94. The van der Waals surface area contributed by atoms with E-state index in [1.54, 1.807) is 14.2 Å². The summed E-state index contributed by atoms with van der Waals surface area (Å²) >= 11 is 0. The molecule has 0 atom stereocenters. The number of nitrogens with one attached hydrogen (secondary N) is 1. The summed E-state index contributed by atoms with van der Waals surface area (Å²) in [7, 11) is 3.18. The van der Waals surface area contributed by atoms with E-state index in [2.05, 4.69) is 5.32 Å². The number of hydrogen-bond donors (Lipinski definition) is 2. The topological polar surface area (TPSA) is 73.6 Å². The first-order valence-corrected chi connectivity index (χ1v) is 5.66. The third-order valence-electron chi connectivity index (χ3n) is 2.90. The molecule has 0 saturated carbocycles. The lowest BCUT2D eigenvalue weighted by atomic mass is 9.97. The summed E-state index contributed by atoms with van der Waals surface area (Å²) in [6.07, 6.45) is 2.26. The number of hydrogen-bond acceptors (Lipinski definition) is 4. The van der Waals surface area contributed by atoms with Crippen molar-refractivity contribution >= 4 is 11.6 Å². The van der Waals surface area contributed by atoms with E-state index < -0.39 is 5.91 Å². The Hall–Kier alpha value is -2.17. The van der Waals surface area contributed by atoms with Gasteiger partial charge in [0.25, 0.3) is 0 Å².